The smallest absolute Gasteiger partial charge is 0.312 e. The number of benzene rings is 1. The van der Waals surface area contributed by atoms with Gasteiger partial charge in [-0.25, -0.2) is 13.6 Å². The topological polar surface area (TPSA) is 67.2 Å². The van der Waals surface area contributed by atoms with Crippen molar-refractivity contribution in [3.63, 3.8) is 0 Å². The minimum atomic E-state index is -0.869. The SMILES string of the molecule is CC(NCCNC(N)=O)c1ccc(F)c(F)c1. The van der Waals surface area contributed by atoms with E-state index < -0.39 is 17.7 Å². The van der Waals surface area contributed by atoms with Crippen molar-refractivity contribution in [2.24, 2.45) is 5.73 Å². The zero-order chi connectivity index (χ0) is 12.8. The van der Waals surface area contributed by atoms with Gasteiger partial charge in [-0.1, -0.05) is 6.07 Å². The van der Waals surface area contributed by atoms with Crippen LogP contribution in [-0.2, 0) is 0 Å². The lowest BCUT2D eigenvalue weighted by molar-refractivity contribution is 0.249. The maximum atomic E-state index is 13.0. The van der Waals surface area contributed by atoms with Crippen LogP contribution in [0.3, 0.4) is 0 Å². The van der Waals surface area contributed by atoms with Gasteiger partial charge in [0.25, 0.3) is 0 Å². The summed E-state index contributed by atoms with van der Waals surface area (Å²) in [7, 11) is 0. The molecule has 0 saturated heterocycles. The van der Waals surface area contributed by atoms with Gasteiger partial charge >= 0.3 is 6.03 Å². The maximum absolute atomic E-state index is 13.0. The predicted octanol–water partition coefficient (Wildman–Crippen LogP) is 1.28. The number of primary amides is 1. The van der Waals surface area contributed by atoms with E-state index in [1.807, 2.05) is 6.92 Å². The van der Waals surface area contributed by atoms with E-state index in [0.29, 0.717) is 18.7 Å². The Kier molecular flexibility index (Phi) is 4.84. The van der Waals surface area contributed by atoms with Crippen molar-refractivity contribution in [1.29, 1.82) is 0 Å². The molecule has 0 heterocycles. The number of nitrogens with two attached hydrogens (primary N) is 1. The van der Waals surface area contributed by atoms with Crippen molar-refractivity contribution < 1.29 is 13.6 Å². The molecule has 0 aliphatic carbocycles. The molecule has 0 spiro atoms. The molecule has 0 aliphatic heterocycles. The molecule has 0 aromatic heterocycles. The van der Waals surface area contributed by atoms with Gasteiger partial charge in [0.2, 0.25) is 0 Å². The summed E-state index contributed by atoms with van der Waals surface area (Å²) in [4.78, 5) is 10.4. The van der Waals surface area contributed by atoms with Crippen molar-refractivity contribution in [3.05, 3.63) is 35.4 Å². The van der Waals surface area contributed by atoms with Crippen molar-refractivity contribution in [1.82, 2.24) is 10.6 Å². The lowest BCUT2D eigenvalue weighted by atomic mass is 10.1. The van der Waals surface area contributed by atoms with Crippen molar-refractivity contribution in [2.75, 3.05) is 13.1 Å². The first kappa shape index (κ1) is 13.4. The van der Waals surface area contributed by atoms with Crippen molar-refractivity contribution in [2.45, 2.75) is 13.0 Å². The predicted molar refractivity (Wildman–Crippen MR) is 60.4 cm³/mol. The van der Waals surface area contributed by atoms with Crippen LogP contribution in [0.2, 0.25) is 0 Å². The Morgan fingerprint density at radius 3 is 2.65 bits per heavy atom. The summed E-state index contributed by atoms with van der Waals surface area (Å²) in [5.41, 5.74) is 5.53. The standard InChI is InChI=1S/C11H15F2N3O/c1-7(15-4-5-16-11(14)17)8-2-3-9(12)10(13)6-8/h2-3,6-7,15H,4-5H2,1H3,(H3,14,16,17). The molecule has 94 valence electrons. The van der Waals surface area contributed by atoms with Crippen molar-refractivity contribution in [3.8, 4) is 0 Å². The molecule has 0 radical (unpaired) electrons. The number of nitrogens with one attached hydrogen (secondary N) is 2. The summed E-state index contributed by atoms with van der Waals surface area (Å²) in [6, 6.07) is 3.02. The zero-order valence-electron chi connectivity index (χ0n) is 9.47. The molecule has 2 amide bonds. The monoisotopic (exact) mass is 243 g/mol. The second-order valence-electron chi connectivity index (χ2n) is 3.64. The molecule has 6 heteroatoms. The lowest BCUT2D eigenvalue weighted by Crippen LogP contribution is -2.36. The molecule has 1 unspecified atom stereocenters. The summed E-state index contributed by atoms with van der Waals surface area (Å²) < 4.78 is 25.7. The highest BCUT2D eigenvalue weighted by Gasteiger charge is 2.08. The fourth-order valence-electron chi connectivity index (χ4n) is 1.37. The zero-order valence-corrected chi connectivity index (χ0v) is 9.47. The number of rotatable bonds is 5. The number of amides is 2. The first-order chi connectivity index (χ1) is 8.00. The maximum Gasteiger partial charge on any atom is 0.312 e. The van der Waals surface area contributed by atoms with Crippen molar-refractivity contribution >= 4 is 6.03 Å². The summed E-state index contributed by atoms with van der Waals surface area (Å²) >= 11 is 0. The number of hydrogen-bond acceptors (Lipinski definition) is 2. The summed E-state index contributed by atoms with van der Waals surface area (Å²) in [6.45, 7) is 2.68. The fourth-order valence-corrected chi connectivity index (χ4v) is 1.37. The van der Waals surface area contributed by atoms with Gasteiger partial charge in [-0.2, -0.15) is 0 Å². The summed E-state index contributed by atoms with van der Waals surface area (Å²) in [5, 5.41) is 5.46. The van der Waals surface area contributed by atoms with Gasteiger partial charge in [0.1, 0.15) is 0 Å². The van der Waals surface area contributed by atoms with E-state index in [1.54, 1.807) is 0 Å². The van der Waals surface area contributed by atoms with E-state index in [-0.39, 0.29) is 6.04 Å². The highest BCUT2D eigenvalue weighted by Crippen LogP contribution is 2.15. The molecule has 0 fully saturated rings. The Labute approximate surface area is 98.2 Å². The molecule has 17 heavy (non-hydrogen) atoms. The molecular weight excluding hydrogens is 228 g/mol. The second kappa shape index (κ2) is 6.15. The highest BCUT2D eigenvalue weighted by atomic mass is 19.2. The van der Waals surface area contributed by atoms with Crippen LogP contribution < -0.4 is 16.4 Å². The van der Waals surface area contributed by atoms with Crippen LogP contribution >= 0.6 is 0 Å². The van der Waals surface area contributed by atoms with Crippen LogP contribution in [-0.4, -0.2) is 19.1 Å². The molecule has 1 atom stereocenters. The Morgan fingerprint density at radius 2 is 2.06 bits per heavy atom. The third-order valence-electron chi connectivity index (χ3n) is 2.32. The summed E-state index contributed by atoms with van der Waals surface area (Å²) in [5.74, 6) is -1.73. The van der Waals surface area contributed by atoms with Crippen LogP contribution in [0.1, 0.15) is 18.5 Å². The van der Waals surface area contributed by atoms with E-state index in [4.69, 9.17) is 5.73 Å². The van der Waals surface area contributed by atoms with Gasteiger partial charge in [-0.3, -0.25) is 0 Å². The molecule has 1 aromatic rings. The first-order valence-corrected chi connectivity index (χ1v) is 5.22. The third-order valence-corrected chi connectivity index (χ3v) is 2.32. The Morgan fingerprint density at radius 1 is 1.35 bits per heavy atom. The molecule has 0 bridgehead atoms. The van der Waals surface area contributed by atoms with Crippen LogP contribution in [0.25, 0.3) is 0 Å². The average Bonchev–Trinajstić information content (AvgIpc) is 2.27. The fraction of sp³-hybridized carbons (Fsp3) is 0.364. The van der Waals surface area contributed by atoms with Gasteiger partial charge in [-0.15, -0.1) is 0 Å². The van der Waals surface area contributed by atoms with Crippen LogP contribution in [0.5, 0.6) is 0 Å². The highest BCUT2D eigenvalue weighted by molar-refractivity contribution is 5.71. The Balaban J connectivity index is 2.44. The van der Waals surface area contributed by atoms with E-state index in [1.165, 1.54) is 6.07 Å². The Hall–Kier alpha value is -1.69. The second-order valence-corrected chi connectivity index (χ2v) is 3.64. The molecule has 0 saturated carbocycles. The van der Waals surface area contributed by atoms with Crippen LogP contribution in [0.4, 0.5) is 13.6 Å². The van der Waals surface area contributed by atoms with Gasteiger partial charge in [-0.05, 0) is 24.6 Å². The third kappa shape index (κ3) is 4.36. The van der Waals surface area contributed by atoms with E-state index in [0.717, 1.165) is 12.1 Å². The number of halogens is 2. The summed E-state index contributed by atoms with van der Waals surface area (Å²) in [6.07, 6.45) is 0. The first-order valence-electron chi connectivity index (χ1n) is 5.22. The molecule has 0 aliphatic rings. The number of carbonyl (C=O) groups excluding carboxylic acids is 1. The molecular formula is C11H15F2N3O. The number of urea groups is 1. The number of hydrogen-bond donors (Lipinski definition) is 3. The molecule has 4 N–H and O–H groups in total. The molecule has 1 rings (SSSR count). The van der Waals surface area contributed by atoms with Gasteiger partial charge in [0.05, 0.1) is 0 Å². The minimum Gasteiger partial charge on any atom is -0.352 e. The van der Waals surface area contributed by atoms with Gasteiger partial charge < -0.3 is 16.4 Å². The Bertz CT molecular complexity index is 398. The van der Waals surface area contributed by atoms with E-state index in [9.17, 15) is 13.6 Å². The normalized spacial score (nSPS) is 12.2. The van der Waals surface area contributed by atoms with Gasteiger partial charge in [0.15, 0.2) is 11.6 Å². The lowest BCUT2D eigenvalue weighted by Gasteiger charge is -2.14. The van der Waals surface area contributed by atoms with E-state index in [2.05, 4.69) is 10.6 Å². The van der Waals surface area contributed by atoms with E-state index >= 15 is 0 Å². The molecule has 1 aromatic carbocycles. The average molecular weight is 243 g/mol. The van der Waals surface area contributed by atoms with Crippen LogP contribution in [0.15, 0.2) is 18.2 Å². The molecule has 4 nitrogen and oxygen atoms in total. The number of carbonyl (C=O) groups is 1. The van der Waals surface area contributed by atoms with Crippen LogP contribution in [0, 0.1) is 11.6 Å². The largest absolute Gasteiger partial charge is 0.352 e. The van der Waals surface area contributed by atoms with Gasteiger partial charge in [0, 0.05) is 19.1 Å². The quantitative estimate of drug-likeness (QED) is 0.682. The minimum absolute atomic E-state index is 0.139.